The van der Waals surface area contributed by atoms with Crippen LogP contribution in [0.4, 0.5) is 5.82 Å². The Kier molecular flexibility index (Phi) is 3.27. The molecule has 0 aliphatic carbocycles. The van der Waals surface area contributed by atoms with E-state index in [2.05, 4.69) is 21.4 Å². The maximum Gasteiger partial charge on any atom is 0.226 e. The van der Waals surface area contributed by atoms with E-state index in [4.69, 9.17) is 21.3 Å². The number of furan rings is 1. The number of nitriles is 1. The van der Waals surface area contributed by atoms with Gasteiger partial charge in [0.15, 0.2) is 0 Å². The maximum atomic E-state index is 8.79. The molecular weight excluding hydrogens is 278 g/mol. The van der Waals surface area contributed by atoms with Gasteiger partial charge in [0.25, 0.3) is 0 Å². The summed E-state index contributed by atoms with van der Waals surface area (Å²) in [4.78, 5) is 8.34. The zero-order valence-corrected chi connectivity index (χ0v) is 11.1. The molecule has 0 aliphatic rings. The number of halogens is 1. The topological polar surface area (TPSA) is 79.7 Å². The first-order valence-electron chi connectivity index (χ1n) is 5.93. The lowest BCUT2D eigenvalue weighted by Crippen LogP contribution is -2.03. The molecule has 0 saturated carbocycles. The van der Waals surface area contributed by atoms with Crippen LogP contribution in [0.25, 0.3) is 11.0 Å². The first-order valence-corrected chi connectivity index (χ1v) is 6.31. The average Bonchev–Trinajstić information content (AvgIpc) is 3.07. The van der Waals surface area contributed by atoms with Gasteiger partial charge in [0.1, 0.15) is 23.8 Å². The van der Waals surface area contributed by atoms with Crippen LogP contribution in [0.5, 0.6) is 0 Å². The van der Waals surface area contributed by atoms with Crippen molar-refractivity contribution in [3.8, 4) is 6.07 Å². The van der Waals surface area contributed by atoms with Crippen LogP contribution in [0.3, 0.4) is 0 Å². The van der Waals surface area contributed by atoms with Crippen molar-refractivity contribution in [3.05, 3.63) is 41.7 Å². The summed E-state index contributed by atoms with van der Waals surface area (Å²) in [5, 5.41) is 12.9. The van der Waals surface area contributed by atoms with Crippen molar-refractivity contribution < 1.29 is 4.42 Å². The summed E-state index contributed by atoms with van der Waals surface area (Å²) < 4.78 is 6.98. The molecule has 0 spiro atoms. The quantitative estimate of drug-likeness (QED) is 0.746. The Bertz CT molecular complexity index is 772. The maximum absolute atomic E-state index is 8.79. The van der Waals surface area contributed by atoms with E-state index in [1.165, 1.54) is 0 Å². The molecule has 0 aliphatic heterocycles. The molecule has 1 N–H and O–H groups in total. The molecule has 0 amide bonds. The van der Waals surface area contributed by atoms with Gasteiger partial charge in [0, 0.05) is 6.20 Å². The molecule has 7 heteroatoms. The average molecular weight is 288 g/mol. The number of aromatic nitrogens is 3. The minimum absolute atomic E-state index is 0.136. The van der Waals surface area contributed by atoms with Crippen LogP contribution in [0.1, 0.15) is 5.76 Å². The summed E-state index contributed by atoms with van der Waals surface area (Å²) in [5.74, 6) is 1.41. The van der Waals surface area contributed by atoms with E-state index in [-0.39, 0.29) is 11.8 Å². The smallest absolute Gasteiger partial charge is 0.226 e. The normalized spacial score (nSPS) is 10.6. The standard InChI is InChI=1S/C13H10ClN5O/c14-13-17-11(16-8-9-2-1-7-20-9)10-3-5-19(6-4-15)12(10)18-13/h1-3,5,7H,6,8H2,(H,16,17,18). The van der Waals surface area contributed by atoms with Crippen molar-refractivity contribution in [2.24, 2.45) is 0 Å². The second kappa shape index (κ2) is 5.23. The van der Waals surface area contributed by atoms with Gasteiger partial charge in [0.2, 0.25) is 5.28 Å². The molecule has 0 aromatic carbocycles. The molecule has 6 nitrogen and oxygen atoms in total. The molecule has 0 unspecified atom stereocenters. The van der Waals surface area contributed by atoms with Crippen molar-refractivity contribution >= 4 is 28.5 Å². The minimum Gasteiger partial charge on any atom is -0.467 e. The lowest BCUT2D eigenvalue weighted by atomic mass is 10.3. The van der Waals surface area contributed by atoms with Crippen LogP contribution in [-0.4, -0.2) is 14.5 Å². The van der Waals surface area contributed by atoms with Crippen LogP contribution in [0.15, 0.2) is 35.1 Å². The fourth-order valence-corrected chi connectivity index (χ4v) is 2.13. The van der Waals surface area contributed by atoms with E-state index < -0.39 is 0 Å². The van der Waals surface area contributed by atoms with Crippen molar-refractivity contribution in [1.82, 2.24) is 14.5 Å². The van der Waals surface area contributed by atoms with Crippen LogP contribution in [0, 0.1) is 11.3 Å². The molecule has 0 bridgehead atoms. The molecule has 0 atom stereocenters. The van der Waals surface area contributed by atoms with Gasteiger partial charge in [-0.2, -0.15) is 10.2 Å². The molecule has 3 heterocycles. The molecule has 0 fully saturated rings. The Morgan fingerprint density at radius 3 is 3.05 bits per heavy atom. The summed E-state index contributed by atoms with van der Waals surface area (Å²) in [5.41, 5.74) is 0.633. The Labute approximate surface area is 119 Å². The highest BCUT2D eigenvalue weighted by molar-refractivity contribution is 6.28. The third-order valence-corrected chi connectivity index (χ3v) is 3.01. The number of rotatable bonds is 4. The second-order valence-corrected chi connectivity index (χ2v) is 4.45. The largest absolute Gasteiger partial charge is 0.467 e. The van der Waals surface area contributed by atoms with Crippen LogP contribution >= 0.6 is 11.6 Å². The summed E-state index contributed by atoms with van der Waals surface area (Å²) in [6.45, 7) is 0.716. The molecule has 3 aromatic heterocycles. The van der Waals surface area contributed by atoms with Gasteiger partial charge in [-0.05, 0) is 29.8 Å². The number of nitrogens with one attached hydrogen (secondary N) is 1. The first kappa shape index (κ1) is 12.5. The number of nitrogens with zero attached hydrogens (tertiary/aromatic N) is 4. The first-order chi connectivity index (χ1) is 9.78. The van der Waals surface area contributed by atoms with Crippen molar-refractivity contribution in [3.63, 3.8) is 0 Å². The number of hydrogen-bond donors (Lipinski definition) is 1. The van der Waals surface area contributed by atoms with Gasteiger partial charge in [-0.25, -0.2) is 4.98 Å². The van der Waals surface area contributed by atoms with E-state index in [1.54, 1.807) is 17.0 Å². The van der Waals surface area contributed by atoms with E-state index >= 15 is 0 Å². The number of fused-ring (bicyclic) bond motifs is 1. The molecule has 3 aromatic rings. The lowest BCUT2D eigenvalue weighted by Gasteiger charge is -2.06. The Morgan fingerprint density at radius 1 is 1.40 bits per heavy atom. The van der Waals surface area contributed by atoms with Crippen molar-refractivity contribution in [2.45, 2.75) is 13.1 Å². The fourth-order valence-electron chi connectivity index (χ4n) is 1.96. The van der Waals surface area contributed by atoms with E-state index in [0.29, 0.717) is 18.0 Å². The lowest BCUT2D eigenvalue weighted by molar-refractivity contribution is 0.518. The van der Waals surface area contributed by atoms with Gasteiger partial charge in [-0.1, -0.05) is 0 Å². The fraction of sp³-hybridized carbons (Fsp3) is 0.154. The highest BCUT2D eigenvalue weighted by Gasteiger charge is 2.11. The summed E-state index contributed by atoms with van der Waals surface area (Å²) in [7, 11) is 0. The van der Waals surface area contributed by atoms with Gasteiger partial charge in [-0.15, -0.1) is 0 Å². The van der Waals surface area contributed by atoms with Gasteiger partial charge >= 0.3 is 0 Å². The molecule has 100 valence electrons. The highest BCUT2D eigenvalue weighted by Crippen LogP contribution is 2.23. The molecule has 0 saturated heterocycles. The molecule has 20 heavy (non-hydrogen) atoms. The van der Waals surface area contributed by atoms with Crippen molar-refractivity contribution in [1.29, 1.82) is 5.26 Å². The Morgan fingerprint density at radius 2 is 2.30 bits per heavy atom. The predicted molar refractivity (Wildman–Crippen MR) is 74.2 cm³/mol. The van der Waals surface area contributed by atoms with Crippen LogP contribution in [0.2, 0.25) is 5.28 Å². The van der Waals surface area contributed by atoms with E-state index in [1.807, 2.05) is 18.2 Å². The zero-order valence-electron chi connectivity index (χ0n) is 10.4. The Balaban J connectivity index is 1.96. The zero-order chi connectivity index (χ0) is 13.9. The third-order valence-electron chi connectivity index (χ3n) is 2.84. The second-order valence-electron chi connectivity index (χ2n) is 4.11. The minimum atomic E-state index is 0.136. The predicted octanol–water partition coefficient (Wildman–Crippen LogP) is 2.81. The Hall–Kier alpha value is -2.52. The van der Waals surface area contributed by atoms with Gasteiger partial charge in [-0.3, -0.25) is 0 Å². The summed E-state index contributed by atoms with van der Waals surface area (Å²) >= 11 is 5.93. The molecular formula is C13H10ClN5O. The highest BCUT2D eigenvalue weighted by atomic mass is 35.5. The van der Waals surface area contributed by atoms with E-state index in [9.17, 15) is 0 Å². The monoisotopic (exact) mass is 287 g/mol. The molecule has 3 rings (SSSR count). The van der Waals surface area contributed by atoms with Crippen LogP contribution in [-0.2, 0) is 13.1 Å². The summed E-state index contributed by atoms with van der Waals surface area (Å²) in [6.07, 6.45) is 3.40. The number of anilines is 1. The number of hydrogen-bond acceptors (Lipinski definition) is 5. The summed E-state index contributed by atoms with van der Waals surface area (Å²) in [6, 6.07) is 7.63. The SMILES string of the molecule is N#CCn1ccc2c(NCc3ccco3)nc(Cl)nc21. The van der Waals surface area contributed by atoms with Crippen LogP contribution < -0.4 is 5.32 Å². The van der Waals surface area contributed by atoms with Crippen molar-refractivity contribution in [2.75, 3.05) is 5.32 Å². The third kappa shape index (κ3) is 2.31. The van der Waals surface area contributed by atoms with Gasteiger partial charge in [0.05, 0.1) is 24.3 Å². The van der Waals surface area contributed by atoms with Gasteiger partial charge < -0.3 is 14.3 Å². The molecule has 0 radical (unpaired) electrons. The van der Waals surface area contributed by atoms with E-state index in [0.717, 1.165) is 11.1 Å².